The molecule has 9 aliphatic heterocycles. The average Bonchev–Trinajstić information content (AvgIpc) is 1.31. The number of hydrogen-bond acceptors (Lipinski definition) is 1. The van der Waals surface area contributed by atoms with Crippen LogP contribution in [0.3, 0.4) is 0 Å². The molecule has 0 aromatic rings. The van der Waals surface area contributed by atoms with Crippen molar-refractivity contribution in [1.82, 2.24) is 0 Å². The summed E-state index contributed by atoms with van der Waals surface area (Å²) in [4.78, 5) is 0. The highest BCUT2D eigenvalue weighted by atomic mass is 32.2. The van der Waals surface area contributed by atoms with Gasteiger partial charge >= 0.3 is 0 Å². The fourth-order valence-corrected chi connectivity index (χ4v) is 48.3. The van der Waals surface area contributed by atoms with Crippen LogP contribution in [0.5, 0.6) is 0 Å². The summed E-state index contributed by atoms with van der Waals surface area (Å²) in [6.45, 7) is 205. The normalized spacial score (nSPS) is 33.6. The zero-order valence-corrected chi connectivity index (χ0v) is 122. The molecule has 0 bridgehead atoms. The third kappa shape index (κ3) is 16.8. The highest BCUT2D eigenvalue weighted by Gasteiger charge is 2.84. The number of hydrogen-bond donors (Lipinski definition) is 0. The van der Waals surface area contributed by atoms with Gasteiger partial charge in [-0.05, 0) is 265 Å². The van der Waals surface area contributed by atoms with Crippen molar-refractivity contribution in [3.8, 4) is 0 Å². The van der Waals surface area contributed by atoms with Gasteiger partial charge in [0.05, 0.1) is 108 Å². The Morgan fingerprint density at radius 1 is 0.160 bits per heavy atom. The highest BCUT2D eigenvalue weighted by Crippen LogP contribution is 2.90. The van der Waals surface area contributed by atoms with E-state index in [1.807, 2.05) is 0 Å². The first-order chi connectivity index (χ1) is 60.3. The Kier molecular flexibility index (Phi) is 36.5. The van der Waals surface area contributed by atoms with Gasteiger partial charge < -0.3 is 26.9 Å². The van der Waals surface area contributed by atoms with Gasteiger partial charge in [0.15, 0.2) is 22.4 Å². The van der Waals surface area contributed by atoms with E-state index in [4.69, 9.17) is 4.74 Å². The quantitative estimate of drug-likeness (QED) is 0.134. The molecule has 0 radical (unpaired) electrons. The SMILES string of the molecule is CC1(C)C(C)(C)C(C)(C)[N+](C)(C)C(C)(C)C1(C)C.CC1(C)C(C)(C)C(C)(C)[N+](C)(C)C1(C)C.CC1(C)C(C)(C)C(C)(C)[P+](C)(C)C(C)(C)C1(C)C.CC1(C)C(C)(C)C(C)(C)[P+](C)(C)C1(C)C.CC1(C)OC(C)(C)C(C)(C)[N+](C)(C)C1(C)C.C[O+]1C(C)(C)C(C)(C)C(C)(C)C(C)(C)C1(C)C.C[O+]1C(C)(C)C(C)(C)C(C)(C)C1(C)C.C[S+]1C(C)(C)C(C)(C)C(C)(C)C(C)(C)C1(C)C.C[S+]1C(C)(C)C(C)(C)C(C)(C)C1(C)C. The van der Waals surface area contributed by atoms with Crippen LogP contribution in [0.2, 0.25) is 0 Å². The van der Waals surface area contributed by atoms with Crippen molar-refractivity contribution < 1.29 is 26.9 Å². The second-order valence-electron chi connectivity index (χ2n) is 72.6. The van der Waals surface area contributed by atoms with Gasteiger partial charge in [0, 0.05) is 172 Å². The largest absolute Gasteiger partial charge is 0.415 e. The monoisotopic (exact) mass is 2110 g/mol. The second-order valence-corrected chi connectivity index (χ2v) is 89.0. The van der Waals surface area contributed by atoms with Crippen molar-refractivity contribution in [2.75, 3.05) is 95.7 Å². The van der Waals surface area contributed by atoms with E-state index in [-0.39, 0.29) is 99.1 Å². The summed E-state index contributed by atoms with van der Waals surface area (Å²) in [5.41, 5.74) is 7.85. The predicted octanol–water partition coefficient (Wildman–Crippen LogP) is 39.8. The predicted molar refractivity (Wildman–Crippen MR) is 673 cm³/mol. The van der Waals surface area contributed by atoms with Crippen LogP contribution in [0.25, 0.3) is 0 Å². The molecule has 144 heavy (non-hydrogen) atoms. The molecule has 0 aromatic carbocycles. The lowest BCUT2D eigenvalue weighted by Gasteiger charge is -2.75. The maximum atomic E-state index is 6.41. The summed E-state index contributed by atoms with van der Waals surface area (Å²) in [6, 6.07) is 0. The minimum Gasteiger partial charge on any atom is -0.415 e. The summed E-state index contributed by atoms with van der Waals surface area (Å²) in [7, 11) is 17.5. The zero-order chi connectivity index (χ0) is 120. The van der Waals surface area contributed by atoms with Gasteiger partial charge in [-0.15, -0.1) is 0 Å². The molecule has 0 amide bonds. The van der Waals surface area contributed by atoms with Crippen LogP contribution in [-0.4, -0.2) is 216 Å². The van der Waals surface area contributed by atoms with E-state index in [2.05, 4.69) is 658 Å². The van der Waals surface area contributed by atoms with E-state index >= 15 is 0 Å². The van der Waals surface area contributed by atoms with Gasteiger partial charge in [-0.3, -0.25) is 0 Å². The van der Waals surface area contributed by atoms with Gasteiger partial charge in [0.2, 0.25) is 0 Å². The first-order valence-electron chi connectivity index (χ1n) is 57.9. The Hall–Kier alpha value is 1.32. The molecule has 9 rings (SSSR count). The van der Waals surface area contributed by atoms with E-state index in [9.17, 15) is 0 Å². The molecule has 9 saturated heterocycles. The molecule has 9 aliphatic rings. The zero-order valence-electron chi connectivity index (χ0n) is 118. The van der Waals surface area contributed by atoms with Crippen molar-refractivity contribution in [3.05, 3.63) is 0 Å². The number of ether oxygens (including phenoxy) is 1. The fraction of sp³-hybridized carbons (Fsp3) is 1.00. The first-order valence-corrected chi connectivity index (χ1v) is 66.5. The summed E-state index contributed by atoms with van der Waals surface area (Å²) in [5.74, 6) is 0. The Morgan fingerprint density at radius 2 is 0.271 bits per heavy atom. The maximum Gasteiger partial charge on any atom is 0.166 e. The molecule has 10 heteroatoms. The topological polar surface area (TPSA) is 14.6 Å². The maximum absolute atomic E-state index is 6.41. The Balaban J connectivity index is 0.000000811. The highest BCUT2D eigenvalue weighted by molar-refractivity contribution is 7.99. The van der Waals surface area contributed by atoms with E-state index in [1.165, 1.54) is 0 Å². The summed E-state index contributed by atoms with van der Waals surface area (Å²) in [6.07, 6.45) is 4.94. The van der Waals surface area contributed by atoms with Crippen LogP contribution < -0.4 is 0 Å². The van der Waals surface area contributed by atoms with Gasteiger partial charge in [0.1, 0.15) is 55.5 Å². The second kappa shape index (κ2) is 36.7. The summed E-state index contributed by atoms with van der Waals surface area (Å²) >= 11 is 0. The smallest absolute Gasteiger partial charge is 0.166 e. The number of quaternary nitrogens is 3. The van der Waals surface area contributed by atoms with Crippen LogP contribution in [0.1, 0.15) is 554 Å². The van der Waals surface area contributed by atoms with Gasteiger partial charge in [0.25, 0.3) is 0 Å². The molecule has 864 valence electrons. The average molecular weight is 2110 g/mol. The molecule has 0 atom stereocenters. The minimum atomic E-state index is -1.07. The van der Waals surface area contributed by atoms with E-state index in [0.717, 1.165) is 13.4 Å². The number of nitrogens with zero attached hydrogens (tertiary/aromatic N) is 3. The van der Waals surface area contributed by atoms with Crippen LogP contribution in [0.15, 0.2) is 0 Å². The molecule has 0 aromatic heterocycles. The number of likely N-dealkylation sites (tertiary alicyclic amines) is 2. The van der Waals surface area contributed by atoms with Crippen LogP contribution in [-0.2, 0) is 35.3 Å². The standard InChI is InChI=1S/C17H36N.C17H36P.C16H33O.C16H33S.C14H30NO.C14H30N.C14H30P.C13H27O.C13H27S/c2*1-13(2)14(3,4)16(7,8)18(11,12)17(9,10)15(13,5)6;2*1-12(2)13(3,4)15(7,8)17(11)16(9,10)14(12,5)6;1-11(2)13(5,6)16-14(7,8)12(3,4)15(11,9)10;2*1-11(2)12(3,4)14(7,8)15(9,10)13(11,5)6;2*1-10(2)11(3,4)13(7,8)14(9)12(10,5)6/h2*1-12H3;2*1-11H3;1-10H3;2*1-10H3;2*1-9H3/q9*+1. The lowest BCUT2D eigenvalue weighted by atomic mass is 9.40. The third-order valence-electron chi connectivity index (χ3n) is 66.6. The Labute approximate surface area is 921 Å². The van der Waals surface area contributed by atoms with Crippen LogP contribution in [0, 0.1) is 108 Å². The fourth-order valence-electron chi connectivity index (χ4n) is 32.2. The molecule has 6 nitrogen and oxygen atoms in total. The van der Waals surface area contributed by atoms with Crippen molar-refractivity contribution in [2.24, 2.45) is 108 Å². The number of morpholine rings is 1. The van der Waals surface area contributed by atoms with Crippen LogP contribution in [0.4, 0.5) is 0 Å². The number of rotatable bonds is 0. The van der Waals surface area contributed by atoms with E-state index in [1.54, 1.807) is 0 Å². The van der Waals surface area contributed by atoms with Gasteiger partial charge in [-0.2, -0.15) is 0 Å². The van der Waals surface area contributed by atoms with Crippen LogP contribution >= 0.6 is 14.5 Å². The minimum absolute atomic E-state index is 0.0754. The molecule has 9 fully saturated rings. The molecular weight excluding hydrogens is 1830 g/mol. The molecule has 0 N–H and O–H groups in total. The Bertz CT molecular complexity index is 3700. The van der Waals surface area contributed by atoms with Gasteiger partial charge in [-0.1, -0.05) is 277 Å². The van der Waals surface area contributed by atoms with E-state index < -0.39 is 14.5 Å². The Morgan fingerprint density at radius 3 is 0.424 bits per heavy atom. The van der Waals surface area contributed by atoms with Gasteiger partial charge in [-0.25, -0.2) is 0 Å². The lowest BCUT2D eigenvalue weighted by molar-refractivity contribution is -1.01. The molecule has 0 spiro atoms. The molecule has 0 saturated carbocycles. The van der Waals surface area contributed by atoms with Crippen molar-refractivity contribution in [3.63, 3.8) is 0 Å². The van der Waals surface area contributed by atoms with Crippen molar-refractivity contribution >= 4 is 36.3 Å². The van der Waals surface area contributed by atoms with Crippen molar-refractivity contribution in [1.29, 1.82) is 0 Å². The number of piperidine rings is 1. The lowest BCUT2D eigenvalue weighted by Crippen LogP contribution is -2.83. The van der Waals surface area contributed by atoms with E-state index in [0.29, 0.717) is 137 Å². The molecule has 9 heterocycles. The summed E-state index contributed by atoms with van der Waals surface area (Å²) in [5, 5.41) is 1.74. The van der Waals surface area contributed by atoms with Crippen molar-refractivity contribution in [2.45, 2.75) is 660 Å². The first kappa shape index (κ1) is 143. The third-order valence-corrected chi connectivity index (χ3v) is 88.2. The number of likely N-dealkylation sites (N-methyl/N-ethyl adjacent to an activating group) is 1. The molecule has 0 aliphatic carbocycles. The molecule has 0 unspecified atom stereocenters. The molecular formula is C134H282N3O3P2S2+9. The summed E-state index contributed by atoms with van der Waals surface area (Å²) < 4.78 is 18.1.